The molecule has 146 valence electrons. The van der Waals surface area contributed by atoms with Gasteiger partial charge in [0.25, 0.3) is 6.71 Å². The van der Waals surface area contributed by atoms with Gasteiger partial charge in [0.15, 0.2) is 0 Å². The summed E-state index contributed by atoms with van der Waals surface area (Å²) in [5, 5.41) is 0. The molecule has 3 aromatic carbocycles. The third-order valence-electron chi connectivity index (χ3n) is 4.81. The zero-order chi connectivity index (χ0) is 21.1. The minimum absolute atomic E-state index is 0.00204. The monoisotopic (exact) mass is 394 g/mol. The van der Waals surface area contributed by atoms with Crippen molar-refractivity contribution in [3.05, 3.63) is 102 Å². The van der Waals surface area contributed by atoms with Gasteiger partial charge < -0.3 is 0 Å². The smallest absolute Gasteiger partial charge is 0.208 e. The van der Waals surface area contributed by atoms with E-state index < -0.39 is 35.4 Å². The quantitative estimate of drug-likeness (QED) is 0.430. The molecule has 0 amide bonds. The molecule has 0 heterocycles. The van der Waals surface area contributed by atoms with Crippen LogP contribution in [0.5, 0.6) is 0 Å². The molecule has 0 aliphatic rings. The van der Waals surface area contributed by atoms with Crippen molar-refractivity contribution in [2.45, 2.75) is 13.8 Å². The van der Waals surface area contributed by atoms with Crippen LogP contribution in [0.4, 0.5) is 17.6 Å². The molecule has 0 unspecified atom stereocenters. The molecule has 0 aliphatic heterocycles. The lowest BCUT2D eigenvalue weighted by molar-refractivity contribution is 0.596. The van der Waals surface area contributed by atoms with Gasteiger partial charge in [-0.3, -0.25) is 0 Å². The number of hydrogen-bond acceptors (Lipinski definition) is 0. The second-order valence-corrected chi connectivity index (χ2v) is 6.79. The van der Waals surface area contributed by atoms with Crippen LogP contribution >= 0.6 is 0 Å². The number of rotatable bonds is 5. The Balaban J connectivity index is 2.50. The van der Waals surface area contributed by atoms with E-state index in [2.05, 4.69) is 6.58 Å². The van der Waals surface area contributed by atoms with Crippen LogP contribution in [-0.4, -0.2) is 6.71 Å². The van der Waals surface area contributed by atoms with Crippen LogP contribution < -0.4 is 16.4 Å². The first kappa shape index (κ1) is 20.7. The first-order chi connectivity index (χ1) is 13.9. The zero-order valence-electron chi connectivity index (χ0n) is 16.1. The van der Waals surface area contributed by atoms with Crippen molar-refractivity contribution in [3.63, 3.8) is 0 Å². The van der Waals surface area contributed by atoms with Gasteiger partial charge in [-0.05, 0) is 60.2 Å². The molecular weight excluding hydrogens is 375 g/mol. The van der Waals surface area contributed by atoms with Crippen LogP contribution in [0.1, 0.15) is 25.0 Å². The van der Waals surface area contributed by atoms with Gasteiger partial charge in [0.05, 0.1) is 0 Å². The highest BCUT2D eigenvalue weighted by molar-refractivity contribution is 6.96. The molecule has 3 rings (SSSR count). The van der Waals surface area contributed by atoms with E-state index in [9.17, 15) is 8.78 Å². The molecule has 0 saturated carbocycles. The van der Waals surface area contributed by atoms with Crippen LogP contribution in [0.25, 0.3) is 11.6 Å². The van der Waals surface area contributed by atoms with Crippen molar-refractivity contribution in [1.82, 2.24) is 0 Å². The summed E-state index contributed by atoms with van der Waals surface area (Å²) in [6, 6.07) is 12.0. The van der Waals surface area contributed by atoms with Crippen molar-refractivity contribution < 1.29 is 17.6 Å². The van der Waals surface area contributed by atoms with Gasteiger partial charge in [-0.1, -0.05) is 54.6 Å². The number of benzene rings is 3. The molecule has 0 bridgehead atoms. The van der Waals surface area contributed by atoms with Crippen molar-refractivity contribution in [2.75, 3.05) is 0 Å². The summed E-state index contributed by atoms with van der Waals surface area (Å²) in [4.78, 5) is 0. The van der Waals surface area contributed by atoms with Crippen LogP contribution in [-0.2, 0) is 0 Å². The molecular formula is C24H19BF4. The highest BCUT2D eigenvalue weighted by Gasteiger charge is 2.35. The van der Waals surface area contributed by atoms with E-state index in [1.807, 2.05) is 0 Å². The normalized spacial score (nSPS) is 11.1. The molecule has 0 radical (unpaired) electrons. The van der Waals surface area contributed by atoms with Gasteiger partial charge in [-0.2, -0.15) is 0 Å². The Morgan fingerprint density at radius 2 is 1.24 bits per heavy atom. The summed E-state index contributed by atoms with van der Waals surface area (Å²) in [7, 11) is 0. The summed E-state index contributed by atoms with van der Waals surface area (Å²) < 4.78 is 59.9. The number of halogens is 4. The van der Waals surface area contributed by atoms with Crippen molar-refractivity contribution in [3.8, 4) is 0 Å². The molecule has 0 N–H and O–H groups in total. The fraction of sp³-hybridized carbons (Fsp3) is 0.0833. The maximum atomic E-state index is 15.1. The zero-order valence-corrected chi connectivity index (χ0v) is 16.1. The highest BCUT2D eigenvalue weighted by Crippen LogP contribution is 2.16. The molecule has 0 fully saturated rings. The summed E-state index contributed by atoms with van der Waals surface area (Å²) in [6.07, 6.45) is 3.32. The molecule has 29 heavy (non-hydrogen) atoms. The van der Waals surface area contributed by atoms with E-state index in [0.29, 0.717) is 16.7 Å². The van der Waals surface area contributed by atoms with E-state index in [4.69, 9.17) is 0 Å². The third-order valence-corrected chi connectivity index (χ3v) is 4.81. The lowest BCUT2D eigenvalue weighted by Crippen LogP contribution is -2.58. The average molecular weight is 394 g/mol. The molecule has 0 nitrogen and oxygen atoms in total. The largest absolute Gasteiger partial charge is 0.258 e. The SMILES string of the molecule is C=C(C)c1cccc(F)c1B(c1c(F)cccc1F)c1c(F)cccc1/C=C/C. The molecule has 0 aliphatic carbocycles. The molecule has 0 saturated heterocycles. The minimum Gasteiger partial charge on any atom is -0.208 e. The van der Waals surface area contributed by atoms with E-state index in [0.717, 1.165) is 12.1 Å². The van der Waals surface area contributed by atoms with E-state index in [-0.39, 0.29) is 10.9 Å². The first-order valence-electron chi connectivity index (χ1n) is 9.16. The van der Waals surface area contributed by atoms with Gasteiger partial charge in [0.2, 0.25) is 0 Å². The fourth-order valence-electron chi connectivity index (χ4n) is 3.61. The highest BCUT2D eigenvalue weighted by atomic mass is 19.1. The van der Waals surface area contributed by atoms with Gasteiger partial charge >= 0.3 is 0 Å². The minimum atomic E-state index is -1.34. The van der Waals surface area contributed by atoms with Crippen LogP contribution in [0, 0.1) is 23.3 Å². The second kappa shape index (κ2) is 8.52. The van der Waals surface area contributed by atoms with Crippen LogP contribution in [0.3, 0.4) is 0 Å². The average Bonchev–Trinajstić information content (AvgIpc) is 2.66. The summed E-state index contributed by atoms with van der Waals surface area (Å²) in [5.41, 5.74) is 0.881. The van der Waals surface area contributed by atoms with Gasteiger partial charge in [0, 0.05) is 5.46 Å². The molecule has 0 spiro atoms. The van der Waals surface area contributed by atoms with Crippen LogP contribution in [0.2, 0.25) is 0 Å². The molecule has 5 heteroatoms. The summed E-state index contributed by atoms with van der Waals surface area (Å²) in [5.74, 6) is -3.11. The molecule has 0 aromatic heterocycles. The summed E-state index contributed by atoms with van der Waals surface area (Å²) >= 11 is 0. The number of allylic oxidation sites excluding steroid dienone is 2. The van der Waals surface area contributed by atoms with E-state index in [1.165, 1.54) is 30.3 Å². The Morgan fingerprint density at radius 3 is 1.79 bits per heavy atom. The topological polar surface area (TPSA) is 0 Å². The molecule has 3 aromatic rings. The maximum absolute atomic E-state index is 15.1. The van der Waals surface area contributed by atoms with Crippen molar-refractivity contribution >= 4 is 34.8 Å². The van der Waals surface area contributed by atoms with E-state index >= 15 is 8.78 Å². The predicted molar refractivity (Wildman–Crippen MR) is 113 cm³/mol. The van der Waals surface area contributed by atoms with Crippen molar-refractivity contribution in [2.24, 2.45) is 0 Å². The Kier molecular flexibility index (Phi) is 6.07. The van der Waals surface area contributed by atoms with Gasteiger partial charge in [-0.25, -0.2) is 17.6 Å². The Labute approximate surface area is 168 Å². The lowest BCUT2D eigenvalue weighted by Gasteiger charge is -2.23. The van der Waals surface area contributed by atoms with Crippen molar-refractivity contribution in [1.29, 1.82) is 0 Å². The van der Waals surface area contributed by atoms with Gasteiger partial charge in [0.1, 0.15) is 23.3 Å². The third kappa shape index (κ3) is 3.90. The second-order valence-electron chi connectivity index (χ2n) is 6.79. The Hall–Kier alpha value is -3.08. The fourth-order valence-corrected chi connectivity index (χ4v) is 3.61. The molecule has 0 atom stereocenters. The summed E-state index contributed by atoms with van der Waals surface area (Å²) in [6.45, 7) is 5.94. The van der Waals surface area contributed by atoms with E-state index in [1.54, 1.807) is 38.1 Å². The Morgan fingerprint density at radius 1 is 0.759 bits per heavy atom. The lowest BCUT2D eigenvalue weighted by atomic mass is 9.34. The number of hydrogen-bond donors (Lipinski definition) is 0. The Bertz CT molecular complexity index is 1080. The first-order valence-corrected chi connectivity index (χ1v) is 9.16. The predicted octanol–water partition coefficient (Wildman–Crippen LogP) is 4.83. The standard InChI is InChI=1S/C24H19BF4/c1-4-8-16-9-5-11-18(26)22(16)25(24-20(28)13-7-14-21(24)29)23-17(15(2)3)10-6-12-19(23)27/h4-14H,2H2,1,3H3/b8-4+. The van der Waals surface area contributed by atoms with Gasteiger partial charge in [-0.15, -0.1) is 0 Å². The van der Waals surface area contributed by atoms with Crippen LogP contribution in [0.15, 0.2) is 67.3 Å². The maximum Gasteiger partial charge on any atom is 0.258 e.